The molecule has 2 aromatic heterocycles. The molecule has 0 spiro atoms. The Balaban J connectivity index is 1.68. The molecule has 5 heterocycles. The summed E-state index contributed by atoms with van der Waals surface area (Å²) in [5.74, 6) is -0.426. The first-order valence-corrected chi connectivity index (χ1v) is 13.1. The van der Waals surface area contributed by atoms with E-state index >= 15 is 0 Å². The number of pyridine rings is 2. The van der Waals surface area contributed by atoms with Crippen LogP contribution < -0.4 is 15.4 Å². The molecule has 5 rings (SSSR count). The third-order valence-electron chi connectivity index (χ3n) is 7.22. The molecule has 2 N–H and O–H groups in total. The van der Waals surface area contributed by atoms with E-state index in [1.54, 1.807) is 9.80 Å². The number of nitrogens with two attached hydrogens (primary N) is 1. The molecule has 2 saturated heterocycles. The van der Waals surface area contributed by atoms with Crippen LogP contribution in [0.1, 0.15) is 21.5 Å². The van der Waals surface area contributed by atoms with Crippen molar-refractivity contribution in [3.63, 3.8) is 0 Å². The largest absolute Gasteiger partial charge is 0.489 e. The number of nitrogens with zero attached hydrogens (tertiary/aromatic N) is 5. The van der Waals surface area contributed by atoms with Gasteiger partial charge in [0.25, 0.3) is 5.91 Å². The summed E-state index contributed by atoms with van der Waals surface area (Å²) in [6.07, 6.45) is -4.59. The number of hydrogen-bond donors (Lipinski definition) is 1. The van der Waals surface area contributed by atoms with Gasteiger partial charge in [-0.25, -0.2) is 9.97 Å². The molecule has 2 fully saturated rings. The normalized spacial score (nSPS) is 19.5. The van der Waals surface area contributed by atoms with E-state index in [9.17, 15) is 22.8 Å². The predicted octanol–water partition coefficient (Wildman–Crippen LogP) is 2.86. The lowest BCUT2D eigenvalue weighted by Crippen LogP contribution is -2.57. The number of ether oxygens (including phenoxy) is 2. The summed E-state index contributed by atoms with van der Waals surface area (Å²) >= 11 is 6.82. The van der Waals surface area contributed by atoms with Gasteiger partial charge >= 0.3 is 6.18 Å². The summed E-state index contributed by atoms with van der Waals surface area (Å²) in [6, 6.07) is 0.877. The van der Waals surface area contributed by atoms with Crippen LogP contribution in [0.5, 0.6) is 5.75 Å². The molecule has 0 saturated carbocycles. The van der Waals surface area contributed by atoms with E-state index in [2.05, 4.69) is 16.5 Å². The van der Waals surface area contributed by atoms with Crippen molar-refractivity contribution >= 4 is 35.1 Å². The molecule has 0 aliphatic carbocycles. The molecule has 0 bridgehead atoms. The Morgan fingerprint density at radius 2 is 1.95 bits per heavy atom. The number of nitrogen functional groups attached to an aromatic ring is 1. The van der Waals surface area contributed by atoms with Crippen LogP contribution in [0.25, 0.3) is 11.4 Å². The Morgan fingerprint density at radius 3 is 2.62 bits per heavy atom. The van der Waals surface area contributed by atoms with Gasteiger partial charge in [0.2, 0.25) is 5.91 Å². The number of fused-ring (bicyclic) bond motifs is 2. The van der Waals surface area contributed by atoms with Crippen LogP contribution in [0.15, 0.2) is 18.7 Å². The fourth-order valence-corrected chi connectivity index (χ4v) is 5.56. The Labute approximate surface area is 233 Å². The highest BCUT2D eigenvalue weighted by molar-refractivity contribution is 6.35. The van der Waals surface area contributed by atoms with Crippen molar-refractivity contribution in [2.75, 3.05) is 63.2 Å². The Kier molecular flexibility index (Phi) is 7.53. The zero-order chi connectivity index (χ0) is 28.8. The average molecular weight is 581 g/mol. The van der Waals surface area contributed by atoms with Crippen molar-refractivity contribution in [1.82, 2.24) is 19.8 Å². The zero-order valence-electron chi connectivity index (χ0n) is 21.8. The third kappa shape index (κ3) is 5.27. The van der Waals surface area contributed by atoms with Crippen LogP contribution in [-0.4, -0.2) is 96.3 Å². The molecule has 0 unspecified atom stereocenters. The van der Waals surface area contributed by atoms with Gasteiger partial charge in [-0.2, -0.15) is 13.2 Å². The highest BCUT2D eigenvalue weighted by Crippen LogP contribution is 2.45. The van der Waals surface area contributed by atoms with Crippen LogP contribution in [0.3, 0.4) is 0 Å². The fourth-order valence-electron chi connectivity index (χ4n) is 5.28. The topological polar surface area (TPSA) is 114 Å². The lowest BCUT2D eigenvalue weighted by atomic mass is 10.00. The lowest BCUT2D eigenvalue weighted by molar-refractivity contribution is -0.129. The molecule has 14 heteroatoms. The van der Waals surface area contributed by atoms with Crippen LogP contribution in [0.2, 0.25) is 5.02 Å². The molecule has 40 heavy (non-hydrogen) atoms. The highest BCUT2D eigenvalue weighted by Gasteiger charge is 2.41. The first kappa shape index (κ1) is 28.0. The van der Waals surface area contributed by atoms with E-state index in [0.717, 1.165) is 0 Å². The van der Waals surface area contributed by atoms with Crippen molar-refractivity contribution in [2.24, 2.45) is 0 Å². The molecule has 10 nitrogen and oxygen atoms in total. The number of rotatable bonds is 4. The van der Waals surface area contributed by atoms with E-state index in [4.69, 9.17) is 26.8 Å². The maximum Gasteiger partial charge on any atom is 0.393 e. The van der Waals surface area contributed by atoms with Crippen molar-refractivity contribution in [2.45, 2.75) is 25.6 Å². The van der Waals surface area contributed by atoms with E-state index < -0.39 is 24.5 Å². The monoisotopic (exact) mass is 580 g/mol. The highest BCUT2D eigenvalue weighted by atomic mass is 35.5. The van der Waals surface area contributed by atoms with Gasteiger partial charge in [0.1, 0.15) is 34.5 Å². The van der Waals surface area contributed by atoms with Crippen molar-refractivity contribution in [3.8, 4) is 17.1 Å². The van der Waals surface area contributed by atoms with E-state index in [0.29, 0.717) is 32.8 Å². The van der Waals surface area contributed by atoms with Gasteiger partial charge in [-0.05, 0) is 30.2 Å². The van der Waals surface area contributed by atoms with E-state index in [-0.39, 0.29) is 76.1 Å². The zero-order valence-corrected chi connectivity index (χ0v) is 22.5. The molecule has 3 aliphatic rings. The predicted molar refractivity (Wildman–Crippen MR) is 142 cm³/mol. The number of carbonyl (C=O) groups is 2. The Morgan fingerprint density at radius 1 is 1.23 bits per heavy atom. The summed E-state index contributed by atoms with van der Waals surface area (Å²) in [4.78, 5) is 40.2. The van der Waals surface area contributed by atoms with E-state index in [1.807, 2.05) is 4.90 Å². The summed E-state index contributed by atoms with van der Waals surface area (Å²) in [5, 5.41) is -0.139. The molecule has 3 aliphatic heterocycles. The standard InChI is InChI=1S/C26H28ClF3N6O4/c1-3-18(37)35-4-5-36-15(12-35)13-40-23-19(25(36)38)24(34-6-8-39-9-7-34)33-22(20(23)27)21-16(11-26(28,29)30)14(2)10-17(31)32-21/h3,10,15H,1,4-9,11-13H2,2H3,(H2,31,32)/t15-/m1/s1. The van der Waals surface area contributed by atoms with Crippen LogP contribution in [0.4, 0.5) is 24.8 Å². The van der Waals surface area contributed by atoms with Gasteiger partial charge in [0.05, 0.1) is 31.4 Å². The number of carbonyl (C=O) groups excluding carboxylic acids is 2. The second-order valence-corrected chi connectivity index (χ2v) is 10.2. The number of hydrogen-bond acceptors (Lipinski definition) is 8. The summed E-state index contributed by atoms with van der Waals surface area (Å²) in [7, 11) is 0. The minimum Gasteiger partial charge on any atom is -0.489 e. The molecule has 2 aromatic rings. The molecular weight excluding hydrogens is 553 g/mol. The Bertz CT molecular complexity index is 1370. The Hall–Kier alpha value is -3.58. The maximum atomic E-state index is 14.0. The van der Waals surface area contributed by atoms with E-state index in [1.165, 1.54) is 19.1 Å². The molecule has 214 valence electrons. The van der Waals surface area contributed by atoms with Crippen molar-refractivity contribution in [3.05, 3.63) is 40.4 Å². The average Bonchev–Trinajstić information content (AvgIpc) is 3.06. The number of aromatic nitrogens is 2. The number of halogens is 4. The van der Waals surface area contributed by atoms with Gasteiger partial charge in [-0.1, -0.05) is 18.2 Å². The second kappa shape index (κ2) is 10.8. The fraction of sp³-hybridized carbons (Fsp3) is 0.462. The molecule has 0 aromatic carbocycles. The van der Waals surface area contributed by atoms with Crippen molar-refractivity contribution < 1.29 is 32.2 Å². The van der Waals surface area contributed by atoms with Crippen LogP contribution in [-0.2, 0) is 16.0 Å². The number of amides is 2. The summed E-state index contributed by atoms with van der Waals surface area (Å²) in [5.41, 5.74) is 6.03. The number of alkyl halides is 3. The number of anilines is 2. The third-order valence-corrected chi connectivity index (χ3v) is 7.57. The summed E-state index contributed by atoms with van der Waals surface area (Å²) < 4.78 is 52.4. The van der Waals surface area contributed by atoms with Crippen LogP contribution in [0, 0.1) is 6.92 Å². The summed E-state index contributed by atoms with van der Waals surface area (Å²) in [6.45, 7) is 7.33. The van der Waals surface area contributed by atoms with Gasteiger partial charge in [-0.15, -0.1) is 0 Å². The smallest absolute Gasteiger partial charge is 0.393 e. The molecule has 1 atom stereocenters. The molecule has 2 amide bonds. The SMILES string of the molecule is C=CC(=O)N1CCN2C(=O)c3c(N4CCOCC4)nc(-c4nc(N)cc(C)c4CC(F)(F)F)c(Cl)c3OC[C@H]2C1. The first-order chi connectivity index (χ1) is 19.0. The van der Waals surface area contributed by atoms with Crippen LogP contribution >= 0.6 is 11.6 Å². The number of morpholine rings is 1. The quantitative estimate of drug-likeness (QED) is 0.549. The van der Waals surface area contributed by atoms with Gasteiger partial charge < -0.3 is 29.9 Å². The molecule has 0 radical (unpaired) electrons. The maximum absolute atomic E-state index is 14.0. The van der Waals surface area contributed by atoms with Crippen molar-refractivity contribution in [1.29, 1.82) is 0 Å². The van der Waals surface area contributed by atoms with Gasteiger partial charge in [-0.3, -0.25) is 9.59 Å². The minimum atomic E-state index is -4.54. The lowest BCUT2D eigenvalue weighted by Gasteiger charge is -2.39. The van der Waals surface area contributed by atoms with Gasteiger partial charge in [0.15, 0.2) is 5.75 Å². The first-order valence-electron chi connectivity index (χ1n) is 12.7. The minimum absolute atomic E-state index is 0.000240. The second-order valence-electron chi connectivity index (χ2n) is 9.84. The number of aryl methyl sites for hydroxylation is 1. The van der Waals surface area contributed by atoms with Gasteiger partial charge in [0, 0.05) is 32.7 Å². The molecular formula is C26H28ClF3N6O4. The number of piperazine rings is 1.